The van der Waals surface area contributed by atoms with E-state index in [2.05, 4.69) is 19.7 Å². The van der Waals surface area contributed by atoms with Gasteiger partial charge in [-0.1, -0.05) is 0 Å². The normalized spacial score (nSPS) is 21.0. The maximum Gasteiger partial charge on any atom is 0.147 e. The lowest BCUT2D eigenvalue weighted by Crippen LogP contribution is -2.35. The van der Waals surface area contributed by atoms with Gasteiger partial charge in [0.15, 0.2) is 0 Å². The number of nitrogens with one attached hydrogen (secondary N) is 1. The number of piperidine rings is 1. The molecule has 0 bridgehead atoms. The van der Waals surface area contributed by atoms with Crippen LogP contribution in [0, 0.1) is 6.92 Å². The third-order valence-electron chi connectivity index (χ3n) is 2.99. The summed E-state index contributed by atoms with van der Waals surface area (Å²) in [7, 11) is 0. The smallest absolute Gasteiger partial charge is 0.147 e. The molecule has 0 amide bonds. The van der Waals surface area contributed by atoms with Crippen LogP contribution in [-0.2, 0) is 4.79 Å². The van der Waals surface area contributed by atoms with Crippen LogP contribution < -0.4 is 5.32 Å². The summed E-state index contributed by atoms with van der Waals surface area (Å²) in [5.74, 6) is 0.814. The first kappa shape index (κ1) is 10.7. The molecule has 1 unspecified atom stereocenters. The highest BCUT2D eigenvalue weighted by atomic mass is 32.1. The maximum absolute atomic E-state index is 12.0. The molecule has 3 heterocycles. The molecule has 0 saturated carbocycles. The SMILES string of the molecule is Cc1nc(C2CNCCC2=O)c2cnsc2n1. The molecule has 0 aromatic carbocycles. The van der Waals surface area contributed by atoms with Crippen molar-refractivity contribution in [2.24, 2.45) is 0 Å². The fourth-order valence-corrected chi connectivity index (χ4v) is 2.84. The fourth-order valence-electron chi connectivity index (χ4n) is 2.16. The molecular weight excluding hydrogens is 236 g/mol. The molecule has 0 aliphatic carbocycles. The number of Topliss-reactive ketones (excluding diaryl/α,β-unsaturated/α-hetero) is 1. The molecular formula is C11H12N4OS. The molecule has 1 aliphatic rings. The maximum atomic E-state index is 12.0. The third kappa shape index (κ3) is 1.83. The van der Waals surface area contributed by atoms with Gasteiger partial charge in [-0.2, -0.15) is 4.37 Å². The Morgan fingerprint density at radius 3 is 3.18 bits per heavy atom. The molecule has 17 heavy (non-hydrogen) atoms. The Bertz CT molecular complexity index is 580. The first-order chi connectivity index (χ1) is 8.25. The van der Waals surface area contributed by atoms with Gasteiger partial charge in [-0.25, -0.2) is 9.97 Å². The first-order valence-corrected chi connectivity index (χ1v) is 6.35. The van der Waals surface area contributed by atoms with Gasteiger partial charge in [-0.15, -0.1) is 0 Å². The summed E-state index contributed by atoms with van der Waals surface area (Å²) in [5.41, 5.74) is 0.832. The van der Waals surface area contributed by atoms with Crippen LogP contribution in [0.25, 0.3) is 10.2 Å². The summed E-state index contributed by atoms with van der Waals surface area (Å²) >= 11 is 1.35. The van der Waals surface area contributed by atoms with E-state index in [1.165, 1.54) is 11.5 Å². The molecule has 1 aliphatic heterocycles. The number of fused-ring (bicyclic) bond motifs is 1. The van der Waals surface area contributed by atoms with Crippen molar-refractivity contribution in [2.75, 3.05) is 13.1 Å². The number of hydrogen-bond donors (Lipinski definition) is 1. The number of aryl methyl sites for hydroxylation is 1. The lowest BCUT2D eigenvalue weighted by molar-refractivity contribution is -0.121. The molecule has 6 heteroatoms. The zero-order valence-corrected chi connectivity index (χ0v) is 10.3. The Balaban J connectivity index is 2.14. The number of rotatable bonds is 1. The summed E-state index contributed by atoms with van der Waals surface area (Å²) in [4.78, 5) is 21.6. The van der Waals surface area contributed by atoms with E-state index in [1.54, 1.807) is 6.20 Å². The van der Waals surface area contributed by atoms with Crippen molar-refractivity contribution >= 4 is 27.5 Å². The zero-order valence-electron chi connectivity index (χ0n) is 9.43. The van der Waals surface area contributed by atoms with E-state index >= 15 is 0 Å². The van der Waals surface area contributed by atoms with Gasteiger partial charge in [0, 0.05) is 19.5 Å². The van der Waals surface area contributed by atoms with E-state index in [4.69, 9.17) is 0 Å². The Morgan fingerprint density at radius 1 is 1.47 bits per heavy atom. The van der Waals surface area contributed by atoms with Crippen molar-refractivity contribution in [1.29, 1.82) is 0 Å². The van der Waals surface area contributed by atoms with Gasteiger partial charge in [0.25, 0.3) is 0 Å². The quantitative estimate of drug-likeness (QED) is 0.816. The largest absolute Gasteiger partial charge is 0.315 e. The van der Waals surface area contributed by atoms with Crippen LogP contribution in [0.1, 0.15) is 23.9 Å². The first-order valence-electron chi connectivity index (χ1n) is 5.58. The van der Waals surface area contributed by atoms with Crippen LogP contribution in [0.15, 0.2) is 6.20 Å². The topological polar surface area (TPSA) is 67.8 Å². The summed E-state index contributed by atoms with van der Waals surface area (Å²) < 4.78 is 4.13. The zero-order chi connectivity index (χ0) is 11.8. The van der Waals surface area contributed by atoms with E-state index in [1.807, 2.05) is 6.92 Å². The number of nitrogens with zero attached hydrogens (tertiary/aromatic N) is 3. The molecule has 1 fully saturated rings. The Morgan fingerprint density at radius 2 is 2.35 bits per heavy atom. The predicted octanol–water partition coefficient (Wildman–Crippen LogP) is 1.04. The van der Waals surface area contributed by atoms with Gasteiger partial charge in [0.05, 0.1) is 23.2 Å². The van der Waals surface area contributed by atoms with Crippen molar-refractivity contribution in [3.05, 3.63) is 17.7 Å². The second kappa shape index (κ2) is 4.12. The predicted molar refractivity (Wildman–Crippen MR) is 65.2 cm³/mol. The molecule has 3 rings (SSSR count). The number of hydrogen-bond acceptors (Lipinski definition) is 6. The highest BCUT2D eigenvalue weighted by Crippen LogP contribution is 2.27. The molecule has 1 saturated heterocycles. The van der Waals surface area contributed by atoms with E-state index in [9.17, 15) is 4.79 Å². The van der Waals surface area contributed by atoms with Crippen LogP contribution in [0.5, 0.6) is 0 Å². The summed E-state index contributed by atoms with van der Waals surface area (Å²) in [6.07, 6.45) is 2.34. The number of ketones is 1. The lowest BCUT2D eigenvalue weighted by atomic mass is 9.93. The van der Waals surface area contributed by atoms with Crippen molar-refractivity contribution in [1.82, 2.24) is 19.7 Å². The van der Waals surface area contributed by atoms with E-state index < -0.39 is 0 Å². The molecule has 1 N–H and O–H groups in total. The second-order valence-corrected chi connectivity index (χ2v) is 4.95. The average molecular weight is 248 g/mol. The van der Waals surface area contributed by atoms with Crippen molar-refractivity contribution in [2.45, 2.75) is 19.3 Å². The van der Waals surface area contributed by atoms with Gasteiger partial charge in [0.1, 0.15) is 16.4 Å². The number of carbonyl (C=O) groups is 1. The lowest BCUT2D eigenvalue weighted by Gasteiger charge is -2.21. The van der Waals surface area contributed by atoms with Crippen LogP contribution >= 0.6 is 11.5 Å². The van der Waals surface area contributed by atoms with Crippen LogP contribution in [0.4, 0.5) is 0 Å². The van der Waals surface area contributed by atoms with Gasteiger partial charge < -0.3 is 5.32 Å². The number of carbonyl (C=O) groups excluding carboxylic acids is 1. The molecule has 0 spiro atoms. The fraction of sp³-hybridized carbons (Fsp3) is 0.455. The minimum Gasteiger partial charge on any atom is -0.315 e. The summed E-state index contributed by atoms with van der Waals surface area (Å²) in [5, 5.41) is 4.16. The molecule has 0 radical (unpaired) electrons. The summed E-state index contributed by atoms with van der Waals surface area (Å²) in [6, 6.07) is 0. The van der Waals surface area contributed by atoms with Crippen LogP contribution in [0.3, 0.4) is 0 Å². The standard InChI is InChI=1S/C11H12N4OS/c1-6-14-10(7-4-12-3-2-9(7)16)8-5-13-17-11(8)15-6/h5,7,12H,2-4H2,1H3. The van der Waals surface area contributed by atoms with E-state index in [0.29, 0.717) is 18.8 Å². The number of aromatic nitrogens is 3. The highest BCUT2D eigenvalue weighted by molar-refractivity contribution is 7.12. The Hall–Kier alpha value is -1.40. The monoisotopic (exact) mass is 248 g/mol. The van der Waals surface area contributed by atoms with Gasteiger partial charge >= 0.3 is 0 Å². The van der Waals surface area contributed by atoms with Crippen molar-refractivity contribution in [3.63, 3.8) is 0 Å². The van der Waals surface area contributed by atoms with Gasteiger partial charge in [0.2, 0.25) is 0 Å². The van der Waals surface area contributed by atoms with Crippen molar-refractivity contribution < 1.29 is 4.79 Å². The molecule has 2 aromatic heterocycles. The minimum absolute atomic E-state index is 0.149. The molecule has 1 atom stereocenters. The Kier molecular flexibility index (Phi) is 2.60. The van der Waals surface area contributed by atoms with E-state index in [-0.39, 0.29) is 11.7 Å². The summed E-state index contributed by atoms with van der Waals surface area (Å²) in [6.45, 7) is 3.29. The van der Waals surface area contributed by atoms with Gasteiger partial charge in [-0.05, 0) is 18.5 Å². The molecule has 2 aromatic rings. The van der Waals surface area contributed by atoms with Crippen molar-refractivity contribution in [3.8, 4) is 0 Å². The van der Waals surface area contributed by atoms with Crippen LogP contribution in [-0.4, -0.2) is 33.2 Å². The van der Waals surface area contributed by atoms with E-state index in [0.717, 1.165) is 22.5 Å². The third-order valence-corrected chi connectivity index (χ3v) is 3.68. The van der Waals surface area contributed by atoms with Crippen LogP contribution in [0.2, 0.25) is 0 Å². The average Bonchev–Trinajstić information content (AvgIpc) is 2.76. The van der Waals surface area contributed by atoms with Gasteiger partial charge in [-0.3, -0.25) is 4.79 Å². The second-order valence-electron chi connectivity index (χ2n) is 4.17. The molecule has 5 nitrogen and oxygen atoms in total. The molecule has 88 valence electrons. The minimum atomic E-state index is -0.149. The Labute approximate surface area is 102 Å². The highest BCUT2D eigenvalue weighted by Gasteiger charge is 2.27.